The summed E-state index contributed by atoms with van der Waals surface area (Å²) in [6.45, 7) is 1.05. The molecular formula is C11H11ClFNOS. The van der Waals surface area contributed by atoms with Crippen LogP contribution in [0.5, 0.6) is 0 Å². The minimum Gasteiger partial charge on any atom is -0.337 e. The van der Waals surface area contributed by atoms with Crippen molar-refractivity contribution in [1.29, 1.82) is 0 Å². The first-order valence-electron chi connectivity index (χ1n) is 4.96. The number of halogens is 2. The van der Waals surface area contributed by atoms with Gasteiger partial charge in [0.1, 0.15) is 5.82 Å². The van der Waals surface area contributed by atoms with Gasteiger partial charge in [-0.15, -0.1) is 0 Å². The van der Waals surface area contributed by atoms with E-state index in [0.29, 0.717) is 24.5 Å². The summed E-state index contributed by atoms with van der Waals surface area (Å²) in [5.74, 6) is -0.297. The number of carbonyl (C=O) groups excluding carboxylic acids is 1. The van der Waals surface area contributed by atoms with Gasteiger partial charge in [0, 0.05) is 29.8 Å². The van der Waals surface area contributed by atoms with Crippen molar-refractivity contribution in [1.82, 2.24) is 4.90 Å². The molecule has 16 heavy (non-hydrogen) atoms. The fourth-order valence-electron chi connectivity index (χ4n) is 1.76. The Labute approximate surface area is 104 Å². The van der Waals surface area contributed by atoms with Crippen molar-refractivity contribution >= 4 is 30.1 Å². The highest BCUT2D eigenvalue weighted by atomic mass is 35.5. The molecule has 1 amide bonds. The van der Waals surface area contributed by atoms with E-state index < -0.39 is 0 Å². The minimum atomic E-state index is -0.367. The maximum Gasteiger partial charge on any atom is 0.224 e. The number of hydrogen-bond acceptors (Lipinski definition) is 2. The molecule has 1 aliphatic rings. The van der Waals surface area contributed by atoms with Crippen LogP contribution in [0.3, 0.4) is 0 Å². The van der Waals surface area contributed by atoms with E-state index in [9.17, 15) is 9.18 Å². The third kappa shape index (κ3) is 2.50. The standard InChI is InChI=1S/C11H11ClFNOS/c12-10-3-8(13)2-1-7(10)5-14-6-9(16)4-11(14)15/h1-3,9,16H,4-6H2. The second-order valence-electron chi connectivity index (χ2n) is 3.87. The summed E-state index contributed by atoms with van der Waals surface area (Å²) in [7, 11) is 0. The monoisotopic (exact) mass is 259 g/mol. The van der Waals surface area contributed by atoms with Crippen LogP contribution >= 0.6 is 24.2 Å². The third-order valence-electron chi connectivity index (χ3n) is 2.57. The topological polar surface area (TPSA) is 20.3 Å². The number of benzene rings is 1. The van der Waals surface area contributed by atoms with Crippen molar-refractivity contribution in [3.05, 3.63) is 34.6 Å². The summed E-state index contributed by atoms with van der Waals surface area (Å²) in [6.07, 6.45) is 0.460. The minimum absolute atomic E-state index is 0.0698. The van der Waals surface area contributed by atoms with E-state index in [1.165, 1.54) is 12.1 Å². The third-order valence-corrected chi connectivity index (χ3v) is 3.27. The Balaban J connectivity index is 2.12. The molecular weight excluding hydrogens is 249 g/mol. The fraction of sp³-hybridized carbons (Fsp3) is 0.364. The van der Waals surface area contributed by atoms with Gasteiger partial charge in [0.25, 0.3) is 0 Å². The molecule has 0 radical (unpaired) electrons. The molecule has 1 atom stereocenters. The lowest BCUT2D eigenvalue weighted by Crippen LogP contribution is -2.24. The Morgan fingerprint density at radius 3 is 2.88 bits per heavy atom. The molecule has 2 nitrogen and oxygen atoms in total. The highest BCUT2D eigenvalue weighted by Crippen LogP contribution is 2.23. The number of amides is 1. The molecule has 5 heteroatoms. The molecule has 1 fully saturated rings. The summed E-state index contributed by atoms with van der Waals surface area (Å²) >= 11 is 10.2. The Morgan fingerprint density at radius 2 is 2.31 bits per heavy atom. The van der Waals surface area contributed by atoms with E-state index in [2.05, 4.69) is 12.6 Å². The molecule has 0 saturated carbocycles. The van der Waals surface area contributed by atoms with E-state index in [0.717, 1.165) is 5.56 Å². The van der Waals surface area contributed by atoms with Gasteiger partial charge in [-0.1, -0.05) is 17.7 Å². The van der Waals surface area contributed by atoms with Crippen molar-refractivity contribution in [2.45, 2.75) is 18.2 Å². The largest absolute Gasteiger partial charge is 0.337 e. The van der Waals surface area contributed by atoms with Crippen LogP contribution in [-0.2, 0) is 11.3 Å². The lowest BCUT2D eigenvalue weighted by molar-refractivity contribution is -0.128. The predicted molar refractivity (Wildman–Crippen MR) is 64.2 cm³/mol. The number of hydrogen-bond donors (Lipinski definition) is 1. The van der Waals surface area contributed by atoms with Gasteiger partial charge < -0.3 is 4.90 Å². The van der Waals surface area contributed by atoms with Crippen molar-refractivity contribution in [3.63, 3.8) is 0 Å². The second-order valence-corrected chi connectivity index (χ2v) is 5.01. The number of nitrogens with zero attached hydrogens (tertiary/aromatic N) is 1. The first kappa shape index (κ1) is 11.7. The number of thiol groups is 1. The van der Waals surface area contributed by atoms with Crippen LogP contribution in [0.1, 0.15) is 12.0 Å². The molecule has 1 saturated heterocycles. The molecule has 1 heterocycles. The molecule has 0 bridgehead atoms. The average molecular weight is 260 g/mol. The van der Waals surface area contributed by atoms with Gasteiger partial charge in [0.05, 0.1) is 0 Å². The predicted octanol–water partition coefficient (Wildman–Crippen LogP) is 2.51. The van der Waals surface area contributed by atoms with Gasteiger partial charge in [-0.2, -0.15) is 12.6 Å². The highest BCUT2D eigenvalue weighted by Gasteiger charge is 2.27. The van der Waals surface area contributed by atoms with Gasteiger partial charge in [-0.25, -0.2) is 4.39 Å². The average Bonchev–Trinajstić information content (AvgIpc) is 2.50. The summed E-state index contributed by atoms with van der Waals surface area (Å²) in [6, 6.07) is 4.21. The Kier molecular flexibility index (Phi) is 3.40. The van der Waals surface area contributed by atoms with Crippen LogP contribution < -0.4 is 0 Å². The zero-order chi connectivity index (χ0) is 11.7. The van der Waals surface area contributed by atoms with Crippen LogP contribution in [0.4, 0.5) is 4.39 Å². The van der Waals surface area contributed by atoms with E-state index in [-0.39, 0.29) is 17.0 Å². The summed E-state index contributed by atoms with van der Waals surface area (Å²) in [5.41, 5.74) is 0.763. The van der Waals surface area contributed by atoms with Crippen LogP contribution in [0.15, 0.2) is 18.2 Å². The van der Waals surface area contributed by atoms with E-state index >= 15 is 0 Å². The van der Waals surface area contributed by atoms with Crippen LogP contribution in [0, 0.1) is 5.82 Å². The van der Waals surface area contributed by atoms with Crippen LogP contribution in [0.2, 0.25) is 5.02 Å². The molecule has 1 aliphatic heterocycles. The van der Waals surface area contributed by atoms with Gasteiger partial charge in [0.2, 0.25) is 5.91 Å². The smallest absolute Gasteiger partial charge is 0.224 e. The van der Waals surface area contributed by atoms with Crippen LogP contribution in [0.25, 0.3) is 0 Å². The summed E-state index contributed by atoms with van der Waals surface area (Å²) in [5, 5.41) is 0.446. The van der Waals surface area contributed by atoms with Crippen molar-refractivity contribution in [2.24, 2.45) is 0 Å². The van der Waals surface area contributed by atoms with E-state index in [4.69, 9.17) is 11.6 Å². The van der Waals surface area contributed by atoms with Gasteiger partial charge in [0.15, 0.2) is 0 Å². The van der Waals surface area contributed by atoms with Gasteiger partial charge >= 0.3 is 0 Å². The number of carbonyl (C=O) groups is 1. The number of rotatable bonds is 2. The SMILES string of the molecule is O=C1CC(S)CN1Cc1ccc(F)cc1Cl. The molecule has 1 aromatic rings. The highest BCUT2D eigenvalue weighted by molar-refractivity contribution is 7.81. The first-order chi connectivity index (χ1) is 7.56. The lowest BCUT2D eigenvalue weighted by Gasteiger charge is -2.16. The van der Waals surface area contributed by atoms with Crippen LogP contribution in [-0.4, -0.2) is 22.6 Å². The summed E-state index contributed by atoms with van der Waals surface area (Å²) < 4.78 is 12.8. The molecule has 0 spiro atoms. The number of likely N-dealkylation sites (tertiary alicyclic amines) is 1. The quantitative estimate of drug-likeness (QED) is 0.810. The Bertz CT molecular complexity index is 426. The molecule has 0 aliphatic carbocycles. The second kappa shape index (κ2) is 4.63. The molecule has 1 aromatic carbocycles. The van der Waals surface area contributed by atoms with Gasteiger partial charge in [-0.3, -0.25) is 4.79 Å². The zero-order valence-electron chi connectivity index (χ0n) is 8.49. The van der Waals surface area contributed by atoms with Gasteiger partial charge in [-0.05, 0) is 17.7 Å². The molecule has 0 aromatic heterocycles. The maximum absolute atomic E-state index is 12.8. The molecule has 2 rings (SSSR count). The normalized spacial score (nSPS) is 20.6. The molecule has 1 unspecified atom stereocenters. The zero-order valence-corrected chi connectivity index (χ0v) is 10.1. The van der Waals surface area contributed by atoms with Crippen molar-refractivity contribution in [3.8, 4) is 0 Å². The lowest BCUT2D eigenvalue weighted by atomic mass is 10.2. The molecule has 0 N–H and O–H groups in total. The van der Waals surface area contributed by atoms with Crippen molar-refractivity contribution < 1.29 is 9.18 Å². The fourth-order valence-corrected chi connectivity index (χ4v) is 2.34. The van der Waals surface area contributed by atoms with E-state index in [1.54, 1.807) is 11.0 Å². The molecule has 86 valence electrons. The van der Waals surface area contributed by atoms with E-state index in [1.807, 2.05) is 0 Å². The Morgan fingerprint density at radius 1 is 1.56 bits per heavy atom. The summed E-state index contributed by atoms with van der Waals surface area (Å²) in [4.78, 5) is 13.2. The van der Waals surface area contributed by atoms with Crippen molar-refractivity contribution in [2.75, 3.05) is 6.54 Å². The maximum atomic E-state index is 12.8. The first-order valence-corrected chi connectivity index (χ1v) is 5.85. The Hall–Kier alpha value is -0.740.